The van der Waals surface area contributed by atoms with E-state index in [2.05, 4.69) is 30.9 Å². The standard InChI is InChI=1S/C14H20O/c1-3-6-11-7-5-8-12(11)14(15)13-9-10(13)4-2/h5,7,10-15H,4,8-9H2,1-2H3/t10-,11+,12+,13+,14+/m0/s1. The van der Waals surface area contributed by atoms with E-state index >= 15 is 0 Å². The Morgan fingerprint density at radius 3 is 2.87 bits per heavy atom. The molecule has 0 heterocycles. The third kappa shape index (κ3) is 2.11. The number of allylic oxidation sites excluding steroid dienone is 2. The topological polar surface area (TPSA) is 20.2 Å². The Morgan fingerprint density at radius 1 is 1.47 bits per heavy atom. The Kier molecular flexibility index (Phi) is 3.17. The van der Waals surface area contributed by atoms with E-state index in [1.807, 2.05) is 6.92 Å². The van der Waals surface area contributed by atoms with Crippen molar-refractivity contribution in [2.24, 2.45) is 23.7 Å². The summed E-state index contributed by atoms with van der Waals surface area (Å²) >= 11 is 0. The molecule has 1 heteroatoms. The van der Waals surface area contributed by atoms with E-state index in [9.17, 15) is 5.11 Å². The first-order chi connectivity index (χ1) is 7.27. The molecule has 0 bridgehead atoms. The second-order valence-corrected chi connectivity index (χ2v) is 4.81. The van der Waals surface area contributed by atoms with E-state index in [4.69, 9.17) is 0 Å². The van der Waals surface area contributed by atoms with Gasteiger partial charge in [0.15, 0.2) is 0 Å². The smallest absolute Gasteiger partial charge is 0.0617 e. The van der Waals surface area contributed by atoms with Gasteiger partial charge in [0.05, 0.1) is 6.10 Å². The number of hydrogen-bond acceptors (Lipinski definition) is 1. The lowest BCUT2D eigenvalue weighted by Crippen LogP contribution is -2.26. The van der Waals surface area contributed by atoms with Crippen molar-refractivity contribution in [1.82, 2.24) is 0 Å². The van der Waals surface area contributed by atoms with E-state index in [1.165, 1.54) is 12.8 Å². The monoisotopic (exact) mass is 204 g/mol. The highest BCUT2D eigenvalue weighted by Gasteiger charge is 2.45. The van der Waals surface area contributed by atoms with E-state index in [-0.39, 0.29) is 6.10 Å². The normalized spacial score (nSPS) is 39.7. The summed E-state index contributed by atoms with van der Waals surface area (Å²) in [5, 5.41) is 10.3. The Hall–Kier alpha value is -0.740. The SMILES string of the molecule is CC#C[C@@H]1C=CC[C@H]1[C@@H](O)[C@@H]1C[C@@H]1CC. The van der Waals surface area contributed by atoms with Gasteiger partial charge in [-0.15, -0.1) is 5.92 Å². The average Bonchev–Trinajstić information content (AvgIpc) is 2.90. The van der Waals surface area contributed by atoms with Crippen LogP contribution in [0.15, 0.2) is 12.2 Å². The Labute approximate surface area is 92.6 Å². The van der Waals surface area contributed by atoms with E-state index in [0.29, 0.717) is 17.8 Å². The van der Waals surface area contributed by atoms with Gasteiger partial charge in [0.2, 0.25) is 0 Å². The van der Waals surface area contributed by atoms with Crippen LogP contribution in [-0.2, 0) is 0 Å². The van der Waals surface area contributed by atoms with Crippen LogP contribution in [0.5, 0.6) is 0 Å². The molecule has 0 spiro atoms. The molecule has 0 unspecified atom stereocenters. The van der Waals surface area contributed by atoms with Crippen LogP contribution in [0.25, 0.3) is 0 Å². The Morgan fingerprint density at radius 2 is 2.27 bits per heavy atom. The molecule has 2 rings (SSSR count). The highest BCUT2D eigenvalue weighted by Crippen LogP contribution is 2.48. The second-order valence-electron chi connectivity index (χ2n) is 4.81. The predicted molar refractivity (Wildman–Crippen MR) is 62.1 cm³/mol. The fraction of sp³-hybridized carbons (Fsp3) is 0.714. The number of rotatable bonds is 3. The zero-order valence-corrected chi connectivity index (χ0v) is 9.61. The van der Waals surface area contributed by atoms with Crippen LogP contribution in [0.4, 0.5) is 0 Å². The highest BCUT2D eigenvalue weighted by molar-refractivity contribution is 5.18. The maximum atomic E-state index is 10.3. The first-order valence-electron chi connectivity index (χ1n) is 6.05. The number of aliphatic hydroxyl groups is 1. The van der Waals surface area contributed by atoms with Crippen LogP contribution in [-0.4, -0.2) is 11.2 Å². The maximum Gasteiger partial charge on any atom is 0.0617 e. The highest BCUT2D eigenvalue weighted by atomic mass is 16.3. The summed E-state index contributed by atoms with van der Waals surface area (Å²) in [7, 11) is 0. The molecule has 2 aliphatic carbocycles. The molecule has 0 amide bonds. The largest absolute Gasteiger partial charge is 0.392 e. The minimum absolute atomic E-state index is 0.129. The first kappa shape index (κ1) is 10.8. The predicted octanol–water partition coefficient (Wildman–Crippen LogP) is 2.61. The molecule has 1 saturated carbocycles. The van der Waals surface area contributed by atoms with Gasteiger partial charge in [-0.3, -0.25) is 0 Å². The van der Waals surface area contributed by atoms with Gasteiger partial charge in [0.1, 0.15) is 0 Å². The Bertz CT molecular complexity index is 307. The summed E-state index contributed by atoms with van der Waals surface area (Å²) in [6.45, 7) is 4.09. The molecular weight excluding hydrogens is 184 g/mol. The molecule has 0 aliphatic heterocycles. The van der Waals surface area contributed by atoms with Crippen molar-refractivity contribution in [3.8, 4) is 11.8 Å². The molecule has 1 N–H and O–H groups in total. The minimum Gasteiger partial charge on any atom is -0.392 e. The summed E-state index contributed by atoms with van der Waals surface area (Å²) in [6.07, 6.45) is 7.65. The minimum atomic E-state index is -0.129. The van der Waals surface area contributed by atoms with Crippen LogP contribution < -0.4 is 0 Å². The zero-order chi connectivity index (χ0) is 10.8. The average molecular weight is 204 g/mol. The third-order valence-corrected chi connectivity index (χ3v) is 3.90. The third-order valence-electron chi connectivity index (χ3n) is 3.90. The summed E-state index contributed by atoms with van der Waals surface area (Å²) < 4.78 is 0. The molecule has 82 valence electrons. The van der Waals surface area contributed by atoms with Gasteiger partial charge in [-0.1, -0.05) is 31.4 Å². The van der Waals surface area contributed by atoms with Gasteiger partial charge >= 0.3 is 0 Å². The van der Waals surface area contributed by atoms with Crippen molar-refractivity contribution in [3.05, 3.63) is 12.2 Å². The first-order valence-corrected chi connectivity index (χ1v) is 6.05. The van der Waals surface area contributed by atoms with Crippen LogP contribution in [0, 0.1) is 35.5 Å². The zero-order valence-electron chi connectivity index (χ0n) is 9.61. The molecule has 0 aromatic heterocycles. The van der Waals surface area contributed by atoms with Crippen molar-refractivity contribution in [1.29, 1.82) is 0 Å². The molecule has 0 radical (unpaired) electrons. The van der Waals surface area contributed by atoms with Gasteiger partial charge < -0.3 is 5.11 Å². The van der Waals surface area contributed by atoms with Crippen molar-refractivity contribution < 1.29 is 5.11 Å². The molecule has 1 fully saturated rings. The lowest BCUT2D eigenvalue weighted by molar-refractivity contribution is 0.0757. The maximum absolute atomic E-state index is 10.3. The molecule has 15 heavy (non-hydrogen) atoms. The van der Waals surface area contributed by atoms with Gasteiger partial charge in [-0.25, -0.2) is 0 Å². The van der Waals surface area contributed by atoms with E-state index in [1.54, 1.807) is 0 Å². The molecule has 0 saturated heterocycles. The fourth-order valence-corrected chi connectivity index (χ4v) is 2.82. The number of aliphatic hydroxyl groups excluding tert-OH is 1. The summed E-state index contributed by atoms with van der Waals surface area (Å²) in [4.78, 5) is 0. The fourth-order valence-electron chi connectivity index (χ4n) is 2.82. The summed E-state index contributed by atoms with van der Waals surface area (Å²) in [6, 6.07) is 0. The Balaban J connectivity index is 1.95. The van der Waals surface area contributed by atoms with Crippen molar-refractivity contribution in [2.45, 2.75) is 39.2 Å². The second kappa shape index (κ2) is 4.41. The van der Waals surface area contributed by atoms with E-state index in [0.717, 1.165) is 12.3 Å². The van der Waals surface area contributed by atoms with Crippen molar-refractivity contribution in [2.75, 3.05) is 0 Å². The van der Waals surface area contributed by atoms with Crippen LogP contribution in [0.1, 0.15) is 33.1 Å². The molecular formula is C14H20O. The molecule has 1 nitrogen and oxygen atoms in total. The van der Waals surface area contributed by atoms with Crippen molar-refractivity contribution >= 4 is 0 Å². The van der Waals surface area contributed by atoms with Gasteiger partial charge in [-0.05, 0) is 31.6 Å². The van der Waals surface area contributed by atoms with Crippen LogP contribution in [0.2, 0.25) is 0 Å². The number of hydrogen-bond donors (Lipinski definition) is 1. The van der Waals surface area contributed by atoms with Crippen LogP contribution in [0.3, 0.4) is 0 Å². The molecule has 0 aromatic rings. The summed E-state index contributed by atoms with van der Waals surface area (Å²) in [5.74, 6) is 8.15. The van der Waals surface area contributed by atoms with E-state index < -0.39 is 0 Å². The molecule has 2 aliphatic rings. The van der Waals surface area contributed by atoms with Crippen LogP contribution >= 0.6 is 0 Å². The van der Waals surface area contributed by atoms with Gasteiger partial charge in [0, 0.05) is 11.8 Å². The quantitative estimate of drug-likeness (QED) is 0.553. The lowest BCUT2D eigenvalue weighted by Gasteiger charge is -2.21. The molecule has 0 aromatic carbocycles. The van der Waals surface area contributed by atoms with Crippen molar-refractivity contribution in [3.63, 3.8) is 0 Å². The lowest BCUT2D eigenvalue weighted by atomic mass is 9.87. The molecule has 5 atom stereocenters. The van der Waals surface area contributed by atoms with Gasteiger partial charge in [0.25, 0.3) is 0 Å². The van der Waals surface area contributed by atoms with Gasteiger partial charge in [-0.2, -0.15) is 0 Å². The summed E-state index contributed by atoms with van der Waals surface area (Å²) in [5.41, 5.74) is 0.